The number of hydrogen-bond donors (Lipinski definition) is 4. The third-order valence-corrected chi connectivity index (χ3v) is 8.91. The summed E-state index contributed by atoms with van der Waals surface area (Å²) >= 11 is 0. The van der Waals surface area contributed by atoms with Crippen molar-refractivity contribution < 1.29 is 41.9 Å². The topological polar surface area (TPSA) is 161 Å². The lowest BCUT2D eigenvalue weighted by atomic mass is 10.0. The minimum atomic E-state index is -5.01. The lowest BCUT2D eigenvalue weighted by molar-refractivity contribution is -0.688. The molecule has 3 atom stereocenters. The number of aromatic amines is 1. The van der Waals surface area contributed by atoms with E-state index < -0.39 is 31.5 Å². The van der Waals surface area contributed by atoms with E-state index >= 15 is 0 Å². The molecule has 14 heteroatoms. The molecular weight excluding hydrogens is 670 g/mol. The summed E-state index contributed by atoms with van der Waals surface area (Å²) in [4.78, 5) is 29.1. The normalized spacial score (nSPS) is 14.3. The SMILES string of the molecule is CS(=O)c1ccc(-c2nc(-c3ccc(F)cc3)c(-c3cc[n+](Cc4ccc(C(O)CNC(C)(C)C)cc4OCOP(=O)([O-])O)cc3)[nH]2)cc1. The number of imidazole rings is 1. The van der Waals surface area contributed by atoms with Crippen molar-refractivity contribution >= 4 is 18.6 Å². The van der Waals surface area contributed by atoms with Gasteiger partial charge in [-0.15, -0.1) is 0 Å². The molecule has 0 aliphatic carbocycles. The van der Waals surface area contributed by atoms with E-state index in [9.17, 15) is 23.2 Å². The fraction of sp³-hybridized carbons (Fsp3) is 0.257. The Morgan fingerprint density at radius 1 is 1.02 bits per heavy atom. The number of hydrogen-bond acceptors (Lipinski definition) is 8. The number of β-amino-alcohol motifs (C(OH)–C–C–N with tert-alkyl or cyclic N) is 1. The van der Waals surface area contributed by atoms with Crippen LogP contribution in [-0.2, 0) is 26.4 Å². The van der Waals surface area contributed by atoms with Crippen LogP contribution in [0.25, 0.3) is 33.9 Å². The molecule has 0 amide bonds. The van der Waals surface area contributed by atoms with E-state index in [1.165, 1.54) is 12.1 Å². The van der Waals surface area contributed by atoms with E-state index in [0.29, 0.717) is 39.8 Å². The summed E-state index contributed by atoms with van der Waals surface area (Å²) in [6.45, 7) is 5.79. The number of nitrogens with one attached hydrogen (secondary N) is 2. The molecule has 0 aliphatic rings. The van der Waals surface area contributed by atoms with Gasteiger partial charge in [-0.25, -0.2) is 13.9 Å². The third-order valence-electron chi connectivity index (χ3n) is 7.55. The van der Waals surface area contributed by atoms with Crippen LogP contribution in [0.1, 0.15) is 38.0 Å². The minimum Gasteiger partial charge on any atom is -0.756 e. The minimum absolute atomic E-state index is 0.215. The molecule has 49 heavy (non-hydrogen) atoms. The first kappa shape index (κ1) is 36.2. The summed E-state index contributed by atoms with van der Waals surface area (Å²) in [6, 6.07) is 22.3. The second-order valence-corrected chi connectivity index (χ2v) is 15.0. The van der Waals surface area contributed by atoms with Crippen molar-refractivity contribution in [2.45, 2.75) is 43.9 Å². The molecule has 2 heterocycles. The number of phosphoric acid groups is 1. The molecule has 5 rings (SSSR count). The molecule has 3 unspecified atom stereocenters. The van der Waals surface area contributed by atoms with E-state index in [2.05, 4.69) is 14.8 Å². The van der Waals surface area contributed by atoms with Gasteiger partial charge in [-0.3, -0.25) is 13.3 Å². The Kier molecular flexibility index (Phi) is 11.3. The second-order valence-electron chi connectivity index (χ2n) is 12.4. The molecule has 0 fully saturated rings. The highest BCUT2D eigenvalue weighted by molar-refractivity contribution is 7.84. The fourth-order valence-corrected chi connectivity index (χ4v) is 5.69. The first-order valence-corrected chi connectivity index (χ1v) is 18.4. The number of benzene rings is 3. The van der Waals surface area contributed by atoms with Crippen LogP contribution in [0.2, 0.25) is 0 Å². The van der Waals surface area contributed by atoms with Crippen LogP contribution in [0.5, 0.6) is 5.75 Å². The number of halogens is 1. The standard InChI is InChI=1S/C35H38FN4O7PS/c1-35(2,3)37-20-30(41)26-5-6-27(31(19-26)46-22-47-48(42,43)44)21-40-17-15-24(16-18-40)33-32(23-7-11-28(36)12-8-23)38-34(39-33)25-9-13-29(14-10-25)49(4)45/h5-19,30,37,41H,20-22H2,1-4H3,(H2,42,43,44). The van der Waals surface area contributed by atoms with E-state index in [1.54, 1.807) is 48.7 Å². The smallest absolute Gasteiger partial charge is 0.268 e. The van der Waals surface area contributed by atoms with Gasteiger partial charge in [-0.2, -0.15) is 0 Å². The molecule has 11 nitrogen and oxygen atoms in total. The van der Waals surface area contributed by atoms with E-state index in [-0.39, 0.29) is 23.7 Å². The van der Waals surface area contributed by atoms with Crippen LogP contribution in [0.15, 0.2) is 96.2 Å². The maximum Gasteiger partial charge on any atom is 0.268 e. The average Bonchev–Trinajstić information content (AvgIpc) is 3.50. The molecule has 0 saturated carbocycles. The highest BCUT2D eigenvalue weighted by Crippen LogP contribution is 2.34. The summed E-state index contributed by atoms with van der Waals surface area (Å²) in [6.07, 6.45) is 4.46. The summed E-state index contributed by atoms with van der Waals surface area (Å²) < 4.78 is 48.7. The first-order chi connectivity index (χ1) is 23.1. The van der Waals surface area contributed by atoms with Crippen LogP contribution in [0.4, 0.5) is 4.39 Å². The number of H-pyrrole nitrogens is 1. The van der Waals surface area contributed by atoms with Crippen molar-refractivity contribution in [1.29, 1.82) is 0 Å². The molecule has 5 aromatic rings. The Morgan fingerprint density at radius 3 is 2.29 bits per heavy atom. The summed E-state index contributed by atoms with van der Waals surface area (Å²) in [5, 5.41) is 14.0. The fourth-order valence-electron chi connectivity index (χ4n) is 4.99. The molecule has 3 aromatic carbocycles. The van der Waals surface area contributed by atoms with Gasteiger partial charge in [0.25, 0.3) is 7.82 Å². The van der Waals surface area contributed by atoms with Crippen molar-refractivity contribution in [2.75, 3.05) is 19.6 Å². The Labute approximate surface area is 286 Å². The zero-order chi connectivity index (χ0) is 35.3. The molecule has 258 valence electrons. The maximum absolute atomic E-state index is 13.8. The van der Waals surface area contributed by atoms with Gasteiger partial charge in [0.15, 0.2) is 25.7 Å². The monoisotopic (exact) mass is 708 g/mol. The van der Waals surface area contributed by atoms with Gasteiger partial charge >= 0.3 is 0 Å². The quantitative estimate of drug-likeness (QED) is 0.0761. The predicted octanol–water partition coefficient (Wildman–Crippen LogP) is 4.86. The predicted molar refractivity (Wildman–Crippen MR) is 182 cm³/mol. The van der Waals surface area contributed by atoms with Gasteiger partial charge in [0.1, 0.15) is 17.4 Å². The van der Waals surface area contributed by atoms with Crippen molar-refractivity contribution in [3.8, 4) is 39.7 Å². The van der Waals surface area contributed by atoms with Gasteiger partial charge in [-0.1, -0.05) is 18.2 Å². The summed E-state index contributed by atoms with van der Waals surface area (Å²) in [5.41, 5.74) is 4.66. The molecule has 2 aromatic heterocycles. The Bertz CT molecular complexity index is 1960. The molecular formula is C35H38FN4O7PS. The lowest BCUT2D eigenvalue weighted by Crippen LogP contribution is -2.38. The summed E-state index contributed by atoms with van der Waals surface area (Å²) in [5.74, 6) is 0.503. The number of ether oxygens (including phenoxy) is 1. The number of phosphoric ester groups is 1. The van der Waals surface area contributed by atoms with Crippen molar-refractivity contribution in [1.82, 2.24) is 15.3 Å². The van der Waals surface area contributed by atoms with Gasteiger partial charge in [-0.05, 0) is 74.9 Å². The maximum atomic E-state index is 13.8. The number of pyridine rings is 1. The molecule has 0 radical (unpaired) electrons. The Balaban J connectivity index is 1.43. The van der Waals surface area contributed by atoms with Crippen LogP contribution in [0.3, 0.4) is 0 Å². The van der Waals surface area contributed by atoms with Gasteiger partial charge in [0, 0.05) is 62.9 Å². The Morgan fingerprint density at radius 2 is 1.67 bits per heavy atom. The van der Waals surface area contributed by atoms with Crippen molar-refractivity contribution in [3.63, 3.8) is 0 Å². The second kappa shape index (κ2) is 15.2. The molecule has 0 saturated heterocycles. The van der Waals surface area contributed by atoms with Crippen LogP contribution in [-0.4, -0.2) is 49.3 Å². The van der Waals surface area contributed by atoms with Crippen LogP contribution < -0.4 is 19.5 Å². The molecule has 0 bridgehead atoms. The third kappa shape index (κ3) is 9.99. The highest BCUT2D eigenvalue weighted by atomic mass is 32.2. The number of aliphatic hydroxyl groups excluding tert-OH is 1. The van der Waals surface area contributed by atoms with E-state index in [4.69, 9.17) is 14.6 Å². The highest BCUT2D eigenvalue weighted by Gasteiger charge is 2.20. The first-order valence-electron chi connectivity index (χ1n) is 15.3. The number of nitrogens with zero attached hydrogens (tertiary/aromatic N) is 2. The van der Waals surface area contributed by atoms with E-state index in [0.717, 1.165) is 16.7 Å². The van der Waals surface area contributed by atoms with Gasteiger partial charge < -0.3 is 29.9 Å². The van der Waals surface area contributed by atoms with Crippen LogP contribution >= 0.6 is 7.82 Å². The zero-order valence-electron chi connectivity index (χ0n) is 27.4. The zero-order valence-corrected chi connectivity index (χ0v) is 29.1. The number of rotatable bonds is 13. The lowest BCUT2D eigenvalue weighted by Gasteiger charge is -2.23. The van der Waals surface area contributed by atoms with Crippen molar-refractivity contribution in [2.24, 2.45) is 0 Å². The van der Waals surface area contributed by atoms with Crippen molar-refractivity contribution in [3.05, 3.63) is 108 Å². The molecule has 0 aliphatic heterocycles. The van der Waals surface area contributed by atoms with Crippen LogP contribution in [0, 0.1) is 5.82 Å². The molecule has 4 N–H and O–H groups in total. The van der Waals surface area contributed by atoms with Gasteiger partial charge in [0.2, 0.25) is 0 Å². The average molecular weight is 709 g/mol. The molecule has 0 spiro atoms. The Hall–Kier alpha value is -4.07. The van der Waals surface area contributed by atoms with E-state index in [1.807, 2.05) is 62.0 Å². The summed E-state index contributed by atoms with van der Waals surface area (Å²) in [7, 11) is -6.13. The number of aliphatic hydroxyl groups is 1. The number of aromatic nitrogens is 3. The largest absolute Gasteiger partial charge is 0.756 e. The van der Waals surface area contributed by atoms with Gasteiger partial charge in [0.05, 0.1) is 23.1 Å².